The Labute approximate surface area is 115 Å². The molecule has 3 heteroatoms. The molecule has 2 aromatic carbocycles. The Morgan fingerprint density at radius 3 is 2.61 bits per heavy atom. The summed E-state index contributed by atoms with van der Waals surface area (Å²) in [5.41, 5.74) is 3.10. The van der Waals surface area contributed by atoms with Crippen LogP contribution in [-0.4, -0.2) is 0 Å². The highest BCUT2D eigenvalue weighted by Crippen LogP contribution is 2.17. The molecule has 1 N–H and O–H groups in total. The van der Waals surface area contributed by atoms with Crippen molar-refractivity contribution in [3.8, 4) is 0 Å². The smallest absolute Gasteiger partial charge is 0.127 e. The summed E-state index contributed by atoms with van der Waals surface area (Å²) in [7, 11) is 0. The van der Waals surface area contributed by atoms with Gasteiger partial charge in [-0.25, -0.2) is 4.39 Å². The third kappa shape index (κ3) is 3.40. The first kappa shape index (κ1) is 13.2. The summed E-state index contributed by atoms with van der Waals surface area (Å²) in [6, 6.07) is 13.1. The van der Waals surface area contributed by atoms with Crippen LogP contribution in [0.25, 0.3) is 0 Å². The second-order valence-corrected chi connectivity index (χ2v) is 5.13. The van der Waals surface area contributed by atoms with Gasteiger partial charge < -0.3 is 5.32 Å². The van der Waals surface area contributed by atoms with Crippen molar-refractivity contribution in [2.75, 3.05) is 0 Å². The third-order valence-corrected chi connectivity index (χ3v) is 3.69. The summed E-state index contributed by atoms with van der Waals surface area (Å²) in [6.45, 7) is 3.33. The quantitative estimate of drug-likeness (QED) is 0.893. The molecule has 94 valence electrons. The van der Waals surface area contributed by atoms with Crippen LogP contribution in [0.3, 0.4) is 0 Å². The van der Waals surface area contributed by atoms with Gasteiger partial charge in [0.2, 0.25) is 0 Å². The van der Waals surface area contributed by atoms with Crippen LogP contribution in [0, 0.1) is 12.7 Å². The Morgan fingerprint density at radius 1 is 1.11 bits per heavy atom. The predicted molar refractivity (Wildman–Crippen MR) is 75.8 cm³/mol. The lowest BCUT2D eigenvalue weighted by Gasteiger charge is -2.07. The maximum Gasteiger partial charge on any atom is 0.127 e. The highest BCUT2D eigenvalue weighted by atomic mass is 79.9. The lowest BCUT2D eigenvalue weighted by molar-refractivity contribution is 0.588. The number of aryl methyl sites for hydroxylation is 1. The fourth-order valence-corrected chi connectivity index (χ4v) is 2.16. The molecule has 0 aliphatic carbocycles. The van der Waals surface area contributed by atoms with Gasteiger partial charge in [0.05, 0.1) is 0 Å². The minimum atomic E-state index is -0.157. The van der Waals surface area contributed by atoms with Crippen molar-refractivity contribution in [2.45, 2.75) is 20.0 Å². The largest absolute Gasteiger partial charge is 0.309 e. The molecule has 2 rings (SSSR count). The summed E-state index contributed by atoms with van der Waals surface area (Å²) < 4.78 is 14.5. The van der Waals surface area contributed by atoms with Crippen LogP contribution in [0.4, 0.5) is 4.39 Å². The molecule has 0 fully saturated rings. The number of nitrogens with one attached hydrogen (secondary N) is 1. The maximum atomic E-state index is 13.4. The summed E-state index contributed by atoms with van der Waals surface area (Å²) >= 11 is 3.51. The van der Waals surface area contributed by atoms with Crippen LogP contribution in [-0.2, 0) is 13.1 Å². The first-order valence-corrected chi connectivity index (χ1v) is 6.65. The fourth-order valence-electron chi connectivity index (χ4n) is 1.73. The van der Waals surface area contributed by atoms with Gasteiger partial charge in [-0.15, -0.1) is 0 Å². The Hall–Kier alpha value is -1.19. The molecule has 0 radical (unpaired) electrons. The topological polar surface area (TPSA) is 12.0 Å². The van der Waals surface area contributed by atoms with Crippen LogP contribution in [0.1, 0.15) is 16.7 Å². The molecular weight excluding hydrogens is 293 g/mol. The van der Waals surface area contributed by atoms with E-state index in [9.17, 15) is 4.39 Å². The predicted octanol–water partition coefficient (Wildman–Crippen LogP) is 4.19. The molecule has 0 spiro atoms. The van der Waals surface area contributed by atoms with E-state index in [0.29, 0.717) is 12.1 Å². The Kier molecular flexibility index (Phi) is 4.50. The summed E-state index contributed by atoms with van der Waals surface area (Å²) in [5, 5.41) is 3.24. The molecule has 0 unspecified atom stereocenters. The van der Waals surface area contributed by atoms with Gasteiger partial charge in [0.15, 0.2) is 0 Å². The molecule has 0 aliphatic heterocycles. The van der Waals surface area contributed by atoms with E-state index in [0.717, 1.165) is 11.0 Å². The fraction of sp³-hybridized carbons (Fsp3) is 0.200. The molecule has 0 saturated carbocycles. The van der Waals surface area contributed by atoms with Crippen LogP contribution < -0.4 is 5.32 Å². The summed E-state index contributed by atoms with van der Waals surface area (Å²) in [6.07, 6.45) is 0. The van der Waals surface area contributed by atoms with Crippen molar-refractivity contribution < 1.29 is 4.39 Å². The maximum absolute atomic E-state index is 13.4. The van der Waals surface area contributed by atoms with Crippen molar-refractivity contribution >= 4 is 15.9 Å². The van der Waals surface area contributed by atoms with Crippen LogP contribution in [0.15, 0.2) is 46.9 Å². The number of halogens is 2. The average molecular weight is 308 g/mol. The number of benzene rings is 2. The minimum absolute atomic E-state index is 0.157. The molecule has 0 heterocycles. The van der Waals surface area contributed by atoms with E-state index in [1.807, 2.05) is 6.07 Å². The van der Waals surface area contributed by atoms with Crippen molar-refractivity contribution in [2.24, 2.45) is 0 Å². The van der Waals surface area contributed by atoms with Crippen molar-refractivity contribution in [1.82, 2.24) is 5.32 Å². The zero-order chi connectivity index (χ0) is 13.0. The van der Waals surface area contributed by atoms with Crippen molar-refractivity contribution in [1.29, 1.82) is 0 Å². The molecule has 0 aromatic heterocycles. The SMILES string of the molecule is Cc1ccc(CNCc2ccccc2F)cc1Br. The zero-order valence-electron chi connectivity index (χ0n) is 10.2. The van der Waals surface area contributed by atoms with Crippen LogP contribution >= 0.6 is 15.9 Å². The first-order chi connectivity index (χ1) is 8.66. The molecule has 0 amide bonds. The highest BCUT2D eigenvalue weighted by Gasteiger charge is 2.01. The standard InChI is InChI=1S/C15H15BrFN/c1-11-6-7-12(8-14(11)16)9-18-10-13-4-2-3-5-15(13)17/h2-8,18H,9-10H2,1H3. The summed E-state index contributed by atoms with van der Waals surface area (Å²) in [5.74, 6) is -0.157. The van der Waals surface area contributed by atoms with Gasteiger partial charge in [0, 0.05) is 23.1 Å². The average Bonchev–Trinajstić information content (AvgIpc) is 2.36. The van der Waals surface area contributed by atoms with E-state index in [1.54, 1.807) is 12.1 Å². The lowest BCUT2D eigenvalue weighted by atomic mass is 10.1. The number of hydrogen-bond donors (Lipinski definition) is 1. The van der Waals surface area contributed by atoms with Gasteiger partial charge in [-0.05, 0) is 30.2 Å². The Bertz CT molecular complexity index is 540. The lowest BCUT2D eigenvalue weighted by Crippen LogP contribution is -2.13. The van der Waals surface area contributed by atoms with E-state index in [2.05, 4.69) is 46.4 Å². The Morgan fingerprint density at radius 2 is 1.89 bits per heavy atom. The molecule has 0 atom stereocenters. The van der Waals surface area contributed by atoms with E-state index < -0.39 is 0 Å². The van der Waals surface area contributed by atoms with Gasteiger partial charge in [0.25, 0.3) is 0 Å². The second-order valence-electron chi connectivity index (χ2n) is 4.28. The van der Waals surface area contributed by atoms with Crippen molar-refractivity contribution in [3.05, 3.63) is 69.4 Å². The van der Waals surface area contributed by atoms with Gasteiger partial charge in [-0.1, -0.05) is 46.3 Å². The third-order valence-electron chi connectivity index (χ3n) is 2.84. The number of rotatable bonds is 4. The molecular formula is C15H15BrFN. The monoisotopic (exact) mass is 307 g/mol. The van der Waals surface area contributed by atoms with Crippen LogP contribution in [0.5, 0.6) is 0 Å². The van der Waals surface area contributed by atoms with E-state index in [-0.39, 0.29) is 5.82 Å². The van der Waals surface area contributed by atoms with Gasteiger partial charge in [-0.2, -0.15) is 0 Å². The van der Waals surface area contributed by atoms with E-state index in [1.165, 1.54) is 17.2 Å². The van der Waals surface area contributed by atoms with Crippen LogP contribution in [0.2, 0.25) is 0 Å². The zero-order valence-corrected chi connectivity index (χ0v) is 11.8. The molecule has 0 aliphatic rings. The molecule has 0 saturated heterocycles. The van der Waals surface area contributed by atoms with Crippen molar-refractivity contribution in [3.63, 3.8) is 0 Å². The molecule has 0 bridgehead atoms. The van der Waals surface area contributed by atoms with Gasteiger partial charge in [-0.3, -0.25) is 0 Å². The second kappa shape index (κ2) is 6.12. The number of hydrogen-bond acceptors (Lipinski definition) is 1. The Balaban J connectivity index is 1.92. The highest BCUT2D eigenvalue weighted by molar-refractivity contribution is 9.10. The first-order valence-electron chi connectivity index (χ1n) is 5.86. The molecule has 2 aromatic rings. The molecule has 18 heavy (non-hydrogen) atoms. The van der Waals surface area contributed by atoms with Gasteiger partial charge >= 0.3 is 0 Å². The van der Waals surface area contributed by atoms with E-state index in [4.69, 9.17) is 0 Å². The minimum Gasteiger partial charge on any atom is -0.309 e. The van der Waals surface area contributed by atoms with E-state index >= 15 is 0 Å². The molecule has 1 nitrogen and oxygen atoms in total. The van der Waals surface area contributed by atoms with Gasteiger partial charge in [0.1, 0.15) is 5.82 Å². The normalized spacial score (nSPS) is 10.6. The summed E-state index contributed by atoms with van der Waals surface area (Å²) in [4.78, 5) is 0.